The molecule has 0 atom stereocenters. The standard InChI is InChI=1S/C13H29ClSi/c1-4-5-6-7-8-9-10-11-12-13(2,3)15-14/h4-12,15H2,1-3H3. The van der Waals surface area contributed by atoms with Crippen LogP contribution in [0.2, 0.25) is 5.04 Å². The topological polar surface area (TPSA) is 0 Å². The van der Waals surface area contributed by atoms with E-state index >= 15 is 0 Å². The average Bonchev–Trinajstić information content (AvgIpc) is 2.22. The number of rotatable bonds is 10. The third-order valence-electron chi connectivity index (χ3n) is 3.07. The molecule has 0 unspecified atom stereocenters. The van der Waals surface area contributed by atoms with Gasteiger partial charge < -0.3 is 0 Å². The minimum Gasteiger partial charge on any atom is -0.176 e. The number of halogens is 1. The predicted molar refractivity (Wildman–Crippen MR) is 75.7 cm³/mol. The van der Waals surface area contributed by atoms with Gasteiger partial charge in [0.1, 0.15) is 8.83 Å². The van der Waals surface area contributed by atoms with Crippen LogP contribution in [-0.4, -0.2) is 8.83 Å². The van der Waals surface area contributed by atoms with Gasteiger partial charge in [-0.2, -0.15) is 11.1 Å². The minimum absolute atomic E-state index is 0.337. The summed E-state index contributed by atoms with van der Waals surface area (Å²) in [6.07, 6.45) is 12.7. The van der Waals surface area contributed by atoms with Gasteiger partial charge in [0, 0.05) is 0 Å². The highest BCUT2D eigenvalue weighted by Gasteiger charge is 2.15. The minimum atomic E-state index is -0.337. The molecule has 0 N–H and O–H groups in total. The summed E-state index contributed by atoms with van der Waals surface area (Å²) in [6.45, 7) is 6.93. The van der Waals surface area contributed by atoms with Crippen LogP contribution < -0.4 is 0 Å². The fraction of sp³-hybridized carbons (Fsp3) is 1.00. The molecule has 0 bridgehead atoms. The molecule has 0 spiro atoms. The van der Waals surface area contributed by atoms with Crippen LogP contribution in [0, 0.1) is 0 Å². The Hall–Kier alpha value is 0.507. The molecule has 0 aromatic rings. The summed E-state index contributed by atoms with van der Waals surface area (Å²) >= 11 is 6.03. The molecule has 0 rings (SSSR count). The van der Waals surface area contributed by atoms with Gasteiger partial charge in [-0.25, -0.2) is 0 Å². The molecule has 0 nitrogen and oxygen atoms in total. The number of hydrogen-bond acceptors (Lipinski definition) is 0. The molecule has 0 aliphatic rings. The Morgan fingerprint density at radius 2 is 1.33 bits per heavy atom. The summed E-state index contributed by atoms with van der Waals surface area (Å²) in [5.74, 6) is 0. The van der Waals surface area contributed by atoms with Gasteiger partial charge in [0.05, 0.1) is 0 Å². The molecule has 2 heteroatoms. The summed E-state index contributed by atoms with van der Waals surface area (Å²) in [7, 11) is -0.337. The molecular formula is C13H29ClSi. The van der Waals surface area contributed by atoms with Crippen LogP contribution in [0.25, 0.3) is 0 Å². The van der Waals surface area contributed by atoms with Crippen molar-refractivity contribution in [3.8, 4) is 0 Å². The van der Waals surface area contributed by atoms with Gasteiger partial charge in [-0.05, 0) is 11.5 Å². The number of unbranched alkanes of at least 4 members (excludes halogenated alkanes) is 7. The van der Waals surface area contributed by atoms with Crippen molar-refractivity contribution in [2.24, 2.45) is 0 Å². The quantitative estimate of drug-likeness (QED) is 0.289. The SMILES string of the molecule is CCCCCCCCCCC(C)(C)[SiH2]Cl. The Morgan fingerprint density at radius 3 is 1.80 bits per heavy atom. The van der Waals surface area contributed by atoms with Crippen LogP contribution in [0.5, 0.6) is 0 Å². The molecule has 92 valence electrons. The van der Waals surface area contributed by atoms with Crippen molar-refractivity contribution < 1.29 is 0 Å². The molecule has 0 saturated carbocycles. The Balaban J connectivity index is 3.11. The van der Waals surface area contributed by atoms with Gasteiger partial charge in [0.2, 0.25) is 0 Å². The maximum absolute atomic E-state index is 6.03. The molecule has 0 aliphatic heterocycles. The Bertz CT molecular complexity index is 134. The summed E-state index contributed by atoms with van der Waals surface area (Å²) < 4.78 is 0. The normalized spacial score (nSPS) is 12.8. The second kappa shape index (κ2) is 9.71. The van der Waals surface area contributed by atoms with Crippen LogP contribution in [0.3, 0.4) is 0 Å². The molecule has 0 radical (unpaired) electrons. The van der Waals surface area contributed by atoms with Crippen molar-refractivity contribution in [2.75, 3.05) is 0 Å². The first kappa shape index (κ1) is 15.5. The van der Waals surface area contributed by atoms with Crippen LogP contribution in [0.1, 0.15) is 78.6 Å². The smallest absolute Gasteiger partial charge is 0.130 e. The molecule has 0 aromatic heterocycles. The largest absolute Gasteiger partial charge is 0.176 e. The van der Waals surface area contributed by atoms with Gasteiger partial charge in [0.15, 0.2) is 0 Å². The maximum Gasteiger partial charge on any atom is 0.130 e. The van der Waals surface area contributed by atoms with E-state index in [9.17, 15) is 0 Å². The van der Waals surface area contributed by atoms with E-state index < -0.39 is 0 Å². The molecule has 15 heavy (non-hydrogen) atoms. The Kier molecular flexibility index (Phi) is 10.0. The zero-order valence-corrected chi connectivity index (χ0v) is 13.1. The summed E-state index contributed by atoms with van der Waals surface area (Å²) in [6, 6.07) is 0. The zero-order valence-electron chi connectivity index (χ0n) is 10.9. The third kappa shape index (κ3) is 10.8. The lowest BCUT2D eigenvalue weighted by Crippen LogP contribution is -2.07. The lowest BCUT2D eigenvalue weighted by atomic mass is 10.0. The second-order valence-electron chi connectivity index (χ2n) is 5.52. The highest BCUT2D eigenvalue weighted by Crippen LogP contribution is 2.31. The summed E-state index contributed by atoms with van der Waals surface area (Å²) in [5, 5.41) is 0.490. The van der Waals surface area contributed by atoms with Gasteiger partial charge in [0.25, 0.3) is 0 Å². The molecule has 0 aromatic carbocycles. The van der Waals surface area contributed by atoms with E-state index in [0.29, 0.717) is 5.04 Å². The first-order chi connectivity index (χ1) is 7.12. The van der Waals surface area contributed by atoms with Gasteiger partial charge in [-0.15, -0.1) is 0 Å². The highest BCUT2D eigenvalue weighted by molar-refractivity contribution is 6.95. The van der Waals surface area contributed by atoms with Crippen molar-refractivity contribution >= 4 is 19.9 Å². The fourth-order valence-corrected chi connectivity index (χ4v) is 2.59. The van der Waals surface area contributed by atoms with Crippen molar-refractivity contribution in [1.82, 2.24) is 0 Å². The molecule has 0 heterocycles. The van der Waals surface area contributed by atoms with Crippen molar-refractivity contribution in [3.05, 3.63) is 0 Å². The van der Waals surface area contributed by atoms with Crippen molar-refractivity contribution in [1.29, 1.82) is 0 Å². The van der Waals surface area contributed by atoms with Crippen LogP contribution in [-0.2, 0) is 0 Å². The van der Waals surface area contributed by atoms with E-state index in [1.807, 2.05) is 0 Å². The highest BCUT2D eigenvalue weighted by atomic mass is 35.6. The van der Waals surface area contributed by atoms with Crippen LogP contribution in [0.4, 0.5) is 0 Å². The van der Waals surface area contributed by atoms with Crippen LogP contribution in [0.15, 0.2) is 0 Å². The third-order valence-corrected chi connectivity index (χ3v) is 6.32. The van der Waals surface area contributed by atoms with Gasteiger partial charge in [-0.1, -0.05) is 72.1 Å². The van der Waals surface area contributed by atoms with Crippen molar-refractivity contribution in [2.45, 2.75) is 83.6 Å². The van der Waals surface area contributed by atoms with Crippen LogP contribution >= 0.6 is 11.1 Å². The van der Waals surface area contributed by atoms with E-state index in [4.69, 9.17) is 11.1 Å². The van der Waals surface area contributed by atoms with E-state index in [-0.39, 0.29) is 8.83 Å². The lowest BCUT2D eigenvalue weighted by Gasteiger charge is -2.20. The van der Waals surface area contributed by atoms with E-state index in [0.717, 1.165) is 0 Å². The maximum atomic E-state index is 6.03. The molecule has 0 aliphatic carbocycles. The Morgan fingerprint density at radius 1 is 0.867 bits per heavy atom. The van der Waals surface area contributed by atoms with E-state index in [1.165, 1.54) is 57.8 Å². The van der Waals surface area contributed by atoms with Gasteiger partial charge in [-0.3, -0.25) is 0 Å². The summed E-state index contributed by atoms with van der Waals surface area (Å²) in [5.41, 5.74) is 0. The fourth-order valence-electron chi connectivity index (χ4n) is 1.80. The molecule has 0 saturated heterocycles. The second-order valence-corrected chi connectivity index (χ2v) is 8.51. The zero-order chi connectivity index (χ0) is 11.6. The monoisotopic (exact) mass is 248 g/mol. The molecule has 0 amide bonds. The molecule has 0 fully saturated rings. The van der Waals surface area contributed by atoms with E-state index in [2.05, 4.69) is 20.8 Å². The van der Waals surface area contributed by atoms with Gasteiger partial charge >= 0.3 is 0 Å². The first-order valence-electron chi connectivity index (χ1n) is 6.68. The predicted octanol–water partition coefficient (Wildman–Crippen LogP) is 5.04. The first-order valence-corrected chi connectivity index (χ1v) is 9.53. The van der Waals surface area contributed by atoms with Crippen molar-refractivity contribution in [3.63, 3.8) is 0 Å². The average molecular weight is 249 g/mol. The number of hydrogen-bond donors (Lipinski definition) is 0. The lowest BCUT2D eigenvalue weighted by molar-refractivity contribution is 0.520. The van der Waals surface area contributed by atoms with E-state index in [1.54, 1.807) is 0 Å². The molecular weight excluding hydrogens is 220 g/mol. The Labute approximate surface area is 104 Å². The summed E-state index contributed by atoms with van der Waals surface area (Å²) in [4.78, 5) is 0.